The first-order valence-corrected chi connectivity index (χ1v) is 10.4. The number of halogens is 1. The van der Waals surface area contributed by atoms with E-state index in [2.05, 4.69) is 59.1 Å². The molecule has 0 amide bonds. The van der Waals surface area contributed by atoms with Crippen LogP contribution in [0.3, 0.4) is 0 Å². The zero-order chi connectivity index (χ0) is 20.5. The molecule has 150 valence electrons. The van der Waals surface area contributed by atoms with Crippen LogP contribution < -0.4 is 9.64 Å². The van der Waals surface area contributed by atoms with Crippen LogP contribution in [0.4, 0.5) is 5.82 Å². The molecule has 1 aliphatic heterocycles. The third kappa shape index (κ3) is 3.91. The molecule has 8 heteroatoms. The van der Waals surface area contributed by atoms with E-state index in [1.54, 1.807) is 10.9 Å². The van der Waals surface area contributed by atoms with Gasteiger partial charge in [-0.2, -0.15) is 5.10 Å². The Morgan fingerprint density at radius 2 is 1.80 bits per heavy atom. The number of rotatable bonds is 5. The Balaban J connectivity index is 1.24. The number of aromatic nitrogens is 5. The van der Waals surface area contributed by atoms with Crippen molar-refractivity contribution in [2.75, 3.05) is 18.0 Å². The monoisotopic (exact) mass is 462 g/mol. The van der Waals surface area contributed by atoms with Crippen molar-refractivity contribution in [3.8, 4) is 28.1 Å². The van der Waals surface area contributed by atoms with E-state index in [9.17, 15) is 0 Å². The first-order chi connectivity index (χ1) is 14.6. The van der Waals surface area contributed by atoms with Crippen LogP contribution in [0.2, 0.25) is 0 Å². The summed E-state index contributed by atoms with van der Waals surface area (Å²) in [4.78, 5) is 15.4. The Kier molecular flexibility index (Phi) is 4.92. The fraction of sp³-hybridized carbons (Fsp3) is 0.182. The van der Waals surface area contributed by atoms with Crippen molar-refractivity contribution in [2.45, 2.75) is 6.10 Å². The van der Waals surface area contributed by atoms with Gasteiger partial charge in [0.1, 0.15) is 22.3 Å². The lowest BCUT2D eigenvalue weighted by atomic mass is 10.1. The summed E-state index contributed by atoms with van der Waals surface area (Å²) >= 11 is 3.37. The van der Waals surface area contributed by atoms with Crippen molar-refractivity contribution in [3.05, 3.63) is 72.0 Å². The Labute approximate surface area is 182 Å². The van der Waals surface area contributed by atoms with Gasteiger partial charge in [0, 0.05) is 49.0 Å². The summed E-state index contributed by atoms with van der Waals surface area (Å²) in [6.07, 6.45) is 9.39. The maximum absolute atomic E-state index is 5.98. The lowest BCUT2D eigenvalue weighted by Crippen LogP contribution is -2.54. The molecular weight excluding hydrogens is 444 g/mol. The van der Waals surface area contributed by atoms with Gasteiger partial charge in [-0.1, -0.05) is 0 Å². The van der Waals surface area contributed by atoms with Gasteiger partial charge >= 0.3 is 0 Å². The van der Waals surface area contributed by atoms with Crippen LogP contribution in [0.15, 0.2) is 72.0 Å². The number of anilines is 1. The highest BCUT2D eigenvalue weighted by Crippen LogP contribution is 2.27. The number of hydrogen-bond acceptors (Lipinski definition) is 6. The minimum atomic E-state index is 0.156. The fourth-order valence-corrected chi connectivity index (χ4v) is 3.76. The fourth-order valence-electron chi connectivity index (χ4n) is 3.42. The number of pyridine rings is 3. The first-order valence-electron chi connectivity index (χ1n) is 9.59. The first kappa shape index (κ1) is 18.7. The molecule has 0 unspecified atom stereocenters. The quantitative estimate of drug-likeness (QED) is 0.418. The molecule has 4 aromatic heterocycles. The topological polar surface area (TPSA) is 69.0 Å². The number of nitrogens with zero attached hydrogens (tertiary/aromatic N) is 6. The molecular formula is C22H19BrN6O. The number of ether oxygens (including phenoxy) is 1. The van der Waals surface area contributed by atoms with Crippen molar-refractivity contribution >= 4 is 21.7 Å². The predicted octanol–water partition coefficient (Wildman–Crippen LogP) is 3.97. The molecule has 1 fully saturated rings. The summed E-state index contributed by atoms with van der Waals surface area (Å²) in [5, 5.41) is 4.22. The average Bonchev–Trinajstić information content (AvgIpc) is 3.17. The van der Waals surface area contributed by atoms with Crippen LogP contribution >= 0.6 is 15.9 Å². The Hall–Kier alpha value is -3.26. The third-order valence-electron chi connectivity index (χ3n) is 5.01. The van der Waals surface area contributed by atoms with Gasteiger partial charge in [0.25, 0.3) is 0 Å². The van der Waals surface area contributed by atoms with Crippen LogP contribution in [0.5, 0.6) is 5.75 Å². The molecule has 0 atom stereocenters. The van der Waals surface area contributed by atoms with Crippen molar-refractivity contribution < 1.29 is 4.74 Å². The average molecular weight is 463 g/mol. The second kappa shape index (κ2) is 7.87. The lowest BCUT2D eigenvalue weighted by molar-refractivity contribution is 0.166. The van der Waals surface area contributed by atoms with E-state index < -0.39 is 0 Å². The van der Waals surface area contributed by atoms with E-state index in [4.69, 9.17) is 4.74 Å². The normalized spacial score (nSPS) is 13.9. The zero-order valence-electron chi connectivity index (χ0n) is 16.3. The van der Waals surface area contributed by atoms with Crippen molar-refractivity contribution in [3.63, 3.8) is 0 Å². The molecule has 0 aliphatic carbocycles. The van der Waals surface area contributed by atoms with Crippen molar-refractivity contribution in [1.29, 1.82) is 0 Å². The van der Waals surface area contributed by atoms with Gasteiger partial charge in [-0.05, 0) is 51.8 Å². The van der Waals surface area contributed by atoms with Crippen LogP contribution in [0.25, 0.3) is 22.4 Å². The molecule has 5 heterocycles. The van der Waals surface area contributed by atoms with E-state index in [0.717, 1.165) is 51.6 Å². The van der Waals surface area contributed by atoms with Gasteiger partial charge < -0.3 is 9.64 Å². The molecule has 0 saturated carbocycles. The maximum Gasteiger partial charge on any atom is 0.134 e. The van der Waals surface area contributed by atoms with Crippen LogP contribution in [-0.2, 0) is 7.05 Å². The van der Waals surface area contributed by atoms with Crippen LogP contribution in [0, 0.1) is 0 Å². The summed E-state index contributed by atoms with van der Waals surface area (Å²) in [5.74, 6) is 1.78. The molecule has 4 aromatic rings. The van der Waals surface area contributed by atoms with Gasteiger partial charge in [0.05, 0.1) is 25.0 Å². The van der Waals surface area contributed by atoms with Gasteiger partial charge in [-0.25, -0.2) is 9.97 Å². The molecule has 1 aliphatic rings. The van der Waals surface area contributed by atoms with Gasteiger partial charge in [-0.15, -0.1) is 0 Å². The highest BCUT2D eigenvalue weighted by atomic mass is 79.9. The third-order valence-corrected chi connectivity index (χ3v) is 5.45. The molecule has 0 spiro atoms. The van der Waals surface area contributed by atoms with Crippen LogP contribution in [-0.4, -0.2) is 43.9 Å². The second-order valence-electron chi connectivity index (χ2n) is 7.20. The van der Waals surface area contributed by atoms with Crippen molar-refractivity contribution in [1.82, 2.24) is 24.7 Å². The highest BCUT2D eigenvalue weighted by Gasteiger charge is 2.29. The van der Waals surface area contributed by atoms with E-state index in [-0.39, 0.29) is 6.10 Å². The lowest BCUT2D eigenvalue weighted by Gasteiger charge is -2.39. The molecule has 0 radical (unpaired) electrons. The summed E-state index contributed by atoms with van der Waals surface area (Å²) in [6.45, 7) is 1.62. The summed E-state index contributed by atoms with van der Waals surface area (Å²) < 4.78 is 8.53. The van der Waals surface area contributed by atoms with E-state index >= 15 is 0 Å². The Bertz CT molecular complexity index is 1170. The summed E-state index contributed by atoms with van der Waals surface area (Å²) in [5.41, 5.74) is 4.03. The maximum atomic E-state index is 5.98. The number of hydrogen-bond donors (Lipinski definition) is 0. The highest BCUT2D eigenvalue weighted by molar-refractivity contribution is 9.10. The van der Waals surface area contributed by atoms with E-state index in [0.29, 0.717) is 0 Å². The Morgan fingerprint density at radius 3 is 2.53 bits per heavy atom. The molecule has 5 rings (SSSR count). The van der Waals surface area contributed by atoms with E-state index in [1.807, 2.05) is 50.0 Å². The molecule has 0 N–H and O–H groups in total. The minimum absolute atomic E-state index is 0.156. The van der Waals surface area contributed by atoms with Gasteiger partial charge in [-0.3, -0.25) is 9.67 Å². The Morgan fingerprint density at radius 1 is 0.933 bits per heavy atom. The van der Waals surface area contributed by atoms with Crippen molar-refractivity contribution in [2.24, 2.45) is 7.05 Å². The van der Waals surface area contributed by atoms with E-state index in [1.165, 1.54) is 0 Å². The zero-order valence-corrected chi connectivity index (χ0v) is 17.9. The largest absolute Gasteiger partial charge is 0.487 e. The minimum Gasteiger partial charge on any atom is -0.487 e. The number of aryl methyl sites for hydroxylation is 1. The van der Waals surface area contributed by atoms with Crippen LogP contribution in [0.1, 0.15) is 0 Å². The summed E-state index contributed by atoms with van der Waals surface area (Å²) in [6, 6.07) is 12.0. The predicted molar refractivity (Wildman–Crippen MR) is 118 cm³/mol. The molecule has 7 nitrogen and oxygen atoms in total. The molecule has 1 saturated heterocycles. The molecule has 30 heavy (non-hydrogen) atoms. The van der Waals surface area contributed by atoms with Gasteiger partial charge in [0.15, 0.2) is 0 Å². The molecule has 0 bridgehead atoms. The standard InChI is InChI=1S/C22H19BrN6O/c1-28-12-17(11-27-28)20-8-15(4-6-24-20)16-2-3-22(26-10-16)29-13-19(14-29)30-18-5-7-25-21(23)9-18/h2-12,19H,13-14H2,1H3. The summed E-state index contributed by atoms with van der Waals surface area (Å²) in [7, 11) is 1.90. The SMILES string of the molecule is Cn1cc(-c2cc(-c3ccc(N4CC(Oc5ccnc(Br)c5)C4)nc3)ccn2)cn1. The second-order valence-corrected chi connectivity index (χ2v) is 8.01. The smallest absolute Gasteiger partial charge is 0.134 e. The van der Waals surface area contributed by atoms with Gasteiger partial charge in [0.2, 0.25) is 0 Å². The molecule has 0 aromatic carbocycles.